The smallest absolute Gasteiger partial charge is 0.145 e. The predicted molar refractivity (Wildman–Crippen MR) is 81.3 cm³/mol. The Morgan fingerprint density at radius 2 is 2.05 bits per heavy atom. The number of rotatable bonds is 2. The molecular formula is C17H16FN3. The van der Waals surface area contributed by atoms with E-state index in [0.29, 0.717) is 12.1 Å². The molecule has 21 heavy (non-hydrogen) atoms. The van der Waals surface area contributed by atoms with Gasteiger partial charge in [-0.1, -0.05) is 18.2 Å². The molecule has 1 heterocycles. The van der Waals surface area contributed by atoms with Crippen LogP contribution in [0.5, 0.6) is 0 Å². The van der Waals surface area contributed by atoms with Gasteiger partial charge in [-0.3, -0.25) is 0 Å². The lowest BCUT2D eigenvalue weighted by atomic mass is 9.99. The summed E-state index contributed by atoms with van der Waals surface area (Å²) in [6, 6.07) is 12.7. The summed E-state index contributed by atoms with van der Waals surface area (Å²) < 4.78 is 14.2. The zero-order valence-electron chi connectivity index (χ0n) is 11.6. The Bertz CT molecular complexity index is 718. The summed E-state index contributed by atoms with van der Waals surface area (Å²) in [5.41, 5.74) is 9.68. The number of fused-ring (bicyclic) bond motifs is 1. The molecule has 0 aromatic heterocycles. The SMILES string of the molecule is N#Cc1cccc(CN2CCCc3c(N)cccc32)c1F. The van der Waals surface area contributed by atoms with Crippen LogP contribution in [0.2, 0.25) is 0 Å². The molecule has 0 saturated carbocycles. The van der Waals surface area contributed by atoms with Crippen LogP contribution in [0.15, 0.2) is 36.4 Å². The van der Waals surface area contributed by atoms with Gasteiger partial charge in [0.1, 0.15) is 11.9 Å². The minimum absolute atomic E-state index is 0.0947. The normalized spacial score (nSPS) is 13.6. The number of nitrogens with two attached hydrogens (primary N) is 1. The Balaban J connectivity index is 1.95. The van der Waals surface area contributed by atoms with E-state index in [0.717, 1.165) is 36.3 Å². The van der Waals surface area contributed by atoms with Crippen LogP contribution in [0.1, 0.15) is 23.1 Å². The molecule has 1 aliphatic heterocycles. The highest BCUT2D eigenvalue weighted by Crippen LogP contribution is 2.32. The van der Waals surface area contributed by atoms with Crippen molar-refractivity contribution in [3.05, 3.63) is 58.9 Å². The third kappa shape index (κ3) is 2.43. The summed E-state index contributed by atoms with van der Waals surface area (Å²) in [6.45, 7) is 1.32. The highest BCUT2D eigenvalue weighted by atomic mass is 19.1. The van der Waals surface area contributed by atoms with Gasteiger partial charge >= 0.3 is 0 Å². The van der Waals surface area contributed by atoms with Gasteiger partial charge in [-0.2, -0.15) is 5.26 Å². The van der Waals surface area contributed by atoms with Crippen LogP contribution in [-0.2, 0) is 13.0 Å². The van der Waals surface area contributed by atoms with Gasteiger partial charge in [-0.25, -0.2) is 4.39 Å². The number of nitrogen functional groups attached to an aromatic ring is 1. The second-order valence-electron chi connectivity index (χ2n) is 5.26. The van der Waals surface area contributed by atoms with Crippen molar-refractivity contribution >= 4 is 11.4 Å². The average Bonchev–Trinajstić information content (AvgIpc) is 2.50. The Labute approximate surface area is 123 Å². The maximum absolute atomic E-state index is 14.2. The lowest BCUT2D eigenvalue weighted by Gasteiger charge is -2.32. The van der Waals surface area contributed by atoms with Gasteiger partial charge < -0.3 is 10.6 Å². The number of hydrogen-bond donors (Lipinski definition) is 1. The van der Waals surface area contributed by atoms with Crippen molar-refractivity contribution < 1.29 is 4.39 Å². The van der Waals surface area contributed by atoms with E-state index in [1.165, 1.54) is 6.07 Å². The largest absolute Gasteiger partial charge is 0.398 e. The van der Waals surface area contributed by atoms with E-state index in [2.05, 4.69) is 4.90 Å². The van der Waals surface area contributed by atoms with Crippen LogP contribution in [0, 0.1) is 17.1 Å². The fourth-order valence-corrected chi connectivity index (χ4v) is 2.89. The van der Waals surface area contributed by atoms with E-state index in [4.69, 9.17) is 11.0 Å². The van der Waals surface area contributed by atoms with Crippen LogP contribution < -0.4 is 10.6 Å². The quantitative estimate of drug-likeness (QED) is 0.860. The molecule has 3 rings (SSSR count). The molecule has 0 amide bonds. The summed E-state index contributed by atoms with van der Waals surface area (Å²) in [6.07, 6.45) is 1.96. The number of anilines is 2. The molecule has 0 saturated heterocycles. The van der Waals surface area contributed by atoms with E-state index in [-0.39, 0.29) is 5.56 Å². The standard InChI is InChI=1S/C17H16FN3/c18-17-12(10-19)4-1-5-13(17)11-21-9-3-6-14-15(20)7-2-8-16(14)21/h1-2,4-5,7-8H,3,6,9,11,20H2. The van der Waals surface area contributed by atoms with Gasteiger partial charge in [-0.15, -0.1) is 0 Å². The van der Waals surface area contributed by atoms with Crippen molar-refractivity contribution in [1.82, 2.24) is 0 Å². The monoisotopic (exact) mass is 281 g/mol. The first-order valence-corrected chi connectivity index (χ1v) is 7.00. The highest BCUT2D eigenvalue weighted by molar-refractivity contribution is 5.66. The summed E-state index contributed by atoms with van der Waals surface area (Å²) in [7, 11) is 0. The Hall–Kier alpha value is -2.54. The molecular weight excluding hydrogens is 265 g/mol. The molecule has 0 atom stereocenters. The summed E-state index contributed by atoms with van der Waals surface area (Å²) in [5.74, 6) is -0.420. The number of benzene rings is 2. The Morgan fingerprint density at radius 1 is 1.24 bits per heavy atom. The first-order chi connectivity index (χ1) is 10.2. The van der Waals surface area contributed by atoms with E-state index in [1.807, 2.05) is 24.3 Å². The lowest BCUT2D eigenvalue weighted by Crippen LogP contribution is -2.29. The molecule has 4 heteroatoms. The van der Waals surface area contributed by atoms with Crippen LogP contribution in [0.3, 0.4) is 0 Å². The van der Waals surface area contributed by atoms with Crippen molar-refractivity contribution in [2.45, 2.75) is 19.4 Å². The van der Waals surface area contributed by atoms with Gasteiger partial charge in [0, 0.05) is 30.0 Å². The van der Waals surface area contributed by atoms with Crippen molar-refractivity contribution in [3.8, 4) is 6.07 Å². The summed E-state index contributed by atoms with van der Waals surface area (Å²) in [4.78, 5) is 2.13. The molecule has 0 bridgehead atoms. The van der Waals surface area contributed by atoms with Crippen LogP contribution >= 0.6 is 0 Å². The minimum atomic E-state index is -0.420. The fraction of sp³-hybridized carbons (Fsp3) is 0.235. The molecule has 2 aromatic carbocycles. The minimum Gasteiger partial charge on any atom is -0.398 e. The van der Waals surface area contributed by atoms with E-state index < -0.39 is 5.82 Å². The first kappa shape index (κ1) is 13.4. The molecule has 0 aliphatic carbocycles. The van der Waals surface area contributed by atoms with Crippen molar-refractivity contribution in [1.29, 1.82) is 5.26 Å². The van der Waals surface area contributed by atoms with Gasteiger partial charge in [0.15, 0.2) is 0 Å². The Morgan fingerprint density at radius 3 is 2.86 bits per heavy atom. The van der Waals surface area contributed by atoms with Gasteiger partial charge in [-0.05, 0) is 36.6 Å². The molecule has 0 spiro atoms. The van der Waals surface area contributed by atoms with Crippen molar-refractivity contribution in [2.24, 2.45) is 0 Å². The molecule has 106 valence electrons. The van der Waals surface area contributed by atoms with E-state index in [1.54, 1.807) is 12.1 Å². The van der Waals surface area contributed by atoms with E-state index in [9.17, 15) is 4.39 Å². The molecule has 2 N–H and O–H groups in total. The second kappa shape index (κ2) is 5.45. The van der Waals surface area contributed by atoms with Crippen molar-refractivity contribution in [2.75, 3.05) is 17.2 Å². The number of nitrogens with zero attached hydrogens (tertiary/aromatic N) is 2. The maximum atomic E-state index is 14.2. The third-order valence-corrected chi connectivity index (χ3v) is 3.94. The zero-order valence-corrected chi connectivity index (χ0v) is 11.6. The van der Waals surface area contributed by atoms with Crippen LogP contribution in [0.4, 0.5) is 15.8 Å². The van der Waals surface area contributed by atoms with Gasteiger partial charge in [0.2, 0.25) is 0 Å². The number of hydrogen-bond acceptors (Lipinski definition) is 3. The molecule has 0 fully saturated rings. The van der Waals surface area contributed by atoms with Crippen LogP contribution in [0.25, 0.3) is 0 Å². The molecule has 1 aliphatic rings. The van der Waals surface area contributed by atoms with Crippen molar-refractivity contribution in [3.63, 3.8) is 0 Å². The number of nitriles is 1. The van der Waals surface area contributed by atoms with Crippen LogP contribution in [-0.4, -0.2) is 6.54 Å². The van der Waals surface area contributed by atoms with E-state index >= 15 is 0 Å². The summed E-state index contributed by atoms with van der Waals surface area (Å²) in [5, 5.41) is 8.92. The van der Waals surface area contributed by atoms with Gasteiger partial charge in [0.05, 0.1) is 5.56 Å². The topological polar surface area (TPSA) is 53.0 Å². The average molecular weight is 281 g/mol. The molecule has 0 unspecified atom stereocenters. The molecule has 3 nitrogen and oxygen atoms in total. The fourth-order valence-electron chi connectivity index (χ4n) is 2.89. The zero-order chi connectivity index (χ0) is 14.8. The second-order valence-corrected chi connectivity index (χ2v) is 5.26. The third-order valence-electron chi connectivity index (χ3n) is 3.94. The highest BCUT2D eigenvalue weighted by Gasteiger charge is 2.20. The lowest BCUT2D eigenvalue weighted by molar-refractivity contribution is 0.594. The summed E-state index contributed by atoms with van der Waals surface area (Å²) >= 11 is 0. The maximum Gasteiger partial charge on any atom is 0.145 e. The predicted octanol–water partition coefficient (Wildman–Crippen LogP) is 3.23. The number of halogens is 1. The molecule has 2 aromatic rings. The Kier molecular flexibility index (Phi) is 3.49. The first-order valence-electron chi connectivity index (χ1n) is 7.00. The van der Waals surface area contributed by atoms with Gasteiger partial charge in [0.25, 0.3) is 0 Å². The molecule has 0 radical (unpaired) electrons.